The van der Waals surface area contributed by atoms with Gasteiger partial charge in [0.05, 0.1) is 11.8 Å². The Balaban J connectivity index is 2.05. The van der Waals surface area contributed by atoms with E-state index in [4.69, 9.17) is 4.74 Å². The fourth-order valence-electron chi connectivity index (χ4n) is 1.66. The fraction of sp³-hybridized carbons (Fsp3) is 0.643. The Kier molecular flexibility index (Phi) is 4.00. The van der Waals surface area contributed by atoms with Crippen molar-refractivity contribution in [1.82, 2.24) is 10.3 Å². The van der Waals surface area contributed by atoms with Crippen molar-refractivity contribution in [3.8, 4) is 5.75 Å². The lowest BCUT2D eigenvalue weighted by Crippen LogP contribution is -2.19. The van der Waals surface area contributed by atoms with Gasteiger partial charge in [-0.25, -0.2) is 0 Å². The number of pyridine rings is 1. The van der Waals surface area contributed by atoms with E-state index in [0.717, 1.165) is 30.1 Å². The molecule has 2 rings (SSSR count). The second-order valence-corrected chi connectivity index (χ2v) is 4.89. The van der Waals surface area contributed by atoms with Crippen LogP contribution in [0.25, 0.3) is 0 Å². The minimum atomic E-state index is 0.249. The lowest BCUT2D eigenvalue weighted by atomic mass is 10.2. The Morgan fingerprint density at radius 2 is 2.24 bits per heavy atom. The summed E-state index contributed by atoms with van der Waals surface area (Å²) in [5.41, 5.74) is 2.09. The maximum atomic E-state index is 5.90. The van der Waals surface area contributed by atoms with Crippen LogP contribution in [0.4, 0.5) is 0 Å². The second-order valence-electron chi connectivity index (χ2n) is 4.89. The van der Waals surface area contributed by atoms with E-state index in [2.05, 4.69) is 24.1 Å². The van der Waals surface area contributed by atoms with Crippen LogP contribution in [-0.2, 0) is 6.54 Å². The summed E-state index contributed by atoms with van der Waals surface area (Å²) in [4.78, 5) is 4.57. The minimum absolute atomic E-state index is 0.249. The molecule has 0 radical (unpaired) electrons. The summed E-state index contributed by atoms with van der Waals surface area (Å²) >= 11 is 0. The molecule has 3 heteroatoms. The Morgan fingerprint density at radius 1 is 1.47 bits per heavy atom. The highest BCUT2D eigenvalue weighted by atomic mass is 16.5. The van der Waals surface area contributed by atoms with Gasteiger partial charge in [-0.2, -0.15) is 0 Å². The molecule has 0 bridgehead atoms. The Labute approximate surface area is 104 Å². The van der Waals surface area contributed by atoms with Crippen LogP contribution >= 0.6 is 0 Å². The first-order chi connectivity index (χ1) is 8.19. The van der Waals surface area contributed by atoms with Crippen LogP contribution in [0.3, 0.4) is 0 Å². The predicted molar refractivity (Wildman–Crippen MR) is 69.2 cm³/mol. The van der Waals surface area contributed by atoms with Crippen molar-refractivity contribution in [3.63, 3.8) is 0 Å². The van der Waals surface area contributed by atoms with Gasteiger partial charge in [0, 0.05) is 18.3 Å². The van der Waals surface area contributed by atoms with Crippen molar-refractivity contribution < 1.29 is 4.74 Å². The summed E-state index contributed by atoms with van der Waals surface area (Å²) in [5, 5.41) is 3.49. The number of aromatic nitrogens is 1. The zero-order valence-electron chi connectivity index (χ0n) is 11.0. The highest BCUT2D eigenvalue weighted by Gasteiger charge is 2.21. The molecule has 1 aliphatic carbocycles. The molecule has 1 N–H and O–H groups in total. The highest BCUT2D eigenvalue weighted by molar-refractivity contribution is 5.29. The van der Waals surface area contributed by atoms with Crippen molar-refractivity contribution in [2.24, 2.45) is 0 Å². The molecule has 1 saturated carbocycles. The molecular formula is C14H22N2O. The number of hydrogen-bond donors (Lipinski definition) is 1. The van der Waals surface area contributed by atoms with E-state index < -0.39 is 0 Å². The van der Waals surface area contributed by atoms with E-state index in [-0.39, 0.29) is 6.10 Å². The van der Waals surface area contributed by atoms with Crippen molar-refractivity contribution in [2.75, 3.05) is 0 Å². The van der Waals surface area contributed by atoms with Gasteiger partial charge in [0.1, 0.15) is 5.75 Å². The largest absolute Gasteiger partial charge is 0.489 e. The van der Waals surface area contributed by atoms with Gasteiger partial charge >= 0.3 is 0 Å². The second kappa shape index (κ2) is 5.50. The molecule has 17 heavy (non-hydrogen) atoms. The van der Waals surface area contributed by atoms with Crippen molar-refractivity contribution in [2.45, 2.75) is 58.7 Å². The topological polar surface area (TPSA) is 34.1 Å². The number of ether oxygens (including phenoxy) is 1. The lowest BCUT2D eigenvalue weighted by Gasteiger charge is -2.16. The van der Waals surface area contributed by atoms with E-state index in [1.807, 2.05) is 19.1 Å². The molecule has 1 atom stereocenters. The predicted octanol–water partition coefficient (Wildman–Crippen LogP) is 2.82. The maximum absolute atomic E-state index is 5.90. The van der Waals surface area contributed by atoms with Crippen LogP contribution in [0.1, 0.15) is 44.5 Å². The number of rotatable bonds is 6. The van der Waals surface area contributed by atoms with Crippen LogP contribution in [0, 0.1) is 6.92 Å². The van der Waals surface area contributed by atoms with Gasteiger partial charge in [0.2, 0.25) is 0 Å². The van der Waals surface area contributed by atoms with Crippen LogP contribution < -0.4 is 10.1 Å². The molecule has 94 valence electrons. The average molecular weight is 234 g/mol. The van der Waals surface area contributed by atoms with Crippen LogP contribution in [0.2, 0.25) is 0 Å². The molecule has 0 aliphatic heterocycles. The molecule has 0 saturated heterocycles. The monoisotopic (exact) mass is 234 g/mol. The molecule has 3 nitrogen and oxygen atoms in total. The summed E-state index contributed by atoms with van der Waals surface area (Å²) in [6.45, 7) is 7.07. The average Bonchev–Trinajstić information content (AvgIpc) is 3.13. The van der Waals surface area contributed by atoms with Gasteiger partial charge in [-0.05, 0) is 45.2 Å². The van der Waals surface area contributed by atoms with Gasteiger partial charge in [0.25, 0.3) is 0 Å². The fourth-order valence-corrected chi connectivity index (χ4v) is 1.66. The summed E-state index contributed by atoms with van der Waals surface area (Å²) in [6, 6.07) is 4.75. The Morgan fingerprint density at radius 3 is 2.88 bits per heavy atom. The van der Waals surface area contributed by atoms with Crippen molar-refractivity contribution in [1.29, 1.82) is 0 Å². The maximum Gasteiger partial charge on any atom is 0.142 e. The molecule has 0 aromatic carbocycles. The third kappa shape index (κ3) is 3.70. The first-order valence-corrected chi connectivity index (χ1v) is 6.55. The molecule has 1 aromatic rings. The van der Waals surface area contributed by atoms with Crippen molar-refractivity contribution >= 4 is 0 Å². The summed E-state index contributed by atoms with van der Waals surface area (Å²) in [7, 11) is 0. The first-order valence-electron chi connectivity index (χ1n) is 6.55. The Bertz CT molecular complexity index is 374. The van der Waals surface area contributed by atoms with E-state index in [1.165, 1.54) is 12.8 Å². The lowest BCUT2D eigenvalue weighted by molar-refractivity contribution is 0.213. The minimum Gasteiger partial charge on any atom is -0.489 e. The van der Waals surface area contributed by atoms with Gasteiger partial charge < -0.3 is 10.1 Å². The molecule has 0 spiro atoms. The number of aryl methyl sites for hydroxylation is 1. The van der Waals surface area contributed by atoms with Crippen LogP contribution in [-0.4, -0.2) is 17.1 Å². The molecule has 1 aromatic heterocycles. The van der Waals surface area contributed by atoms with Crippen LogP contribution in [0.5, 0.6) is 5.75 Å². The molecule has 1 unspecified atom stereocenters. The first kappa shape index (κ1) is 12.4. The van der Waals surface area contributed by atoms with Crippen LogP contribution in [0.15, 0.2) is 12.1 Å². The van der Waals surface area contributed by atoms with Crippen molar-refractivity contribution in [3.05, 3.63) is 23.5 Å². The molecule has 1 fully saturated rings. The van der Waals surface area contributed by atoms with Gasteiger partial charge in [-0.15, -0.1) is 0 Å². The molecule has 1 aliphatic rings. The number of hydrogen-bond acceptors (Lipinski definition) is 3. The smallest absolute Gasteiger partial charge is 0.142 e. The summed E-state index contributed by atoms with van der Waals surface area (Å²) in [5.74, 6) is 0.929. The number of nitrogens with one attached hydrogen (secondary N) is 1. The third-order valence-electron chi connectivity index (χ3n) is 3.11. The standard InChI is InChI=1S/C14H22N2O/c1-4-11(3)17-14-8-5-10(2)16-13(14)9-15-12-6-7-12/h5,8,11-12,15H,4,6-7,9H2,1-3H3. The van der Waals surface area contributed by atoms with Gasteiger partial charge in [-0.3, -0.25) is 4.98 Å². The Hall–Kier alpha value is -1.09. The summed E-state index contributed by atoms with van der Waals surface area (Å²) in [6.07, 6.45) is 3.86. The van der Waals surface area contributed by atoms with Gasteiger partial charge in [0.15, 0.2) is 0 Å². The van der Waals surface area contributed by atoms with E-state index in [0.29, 0.717) is 6.04 Å². The van der Waals surface area contributed by atoms with E-state index in [1.54, 1.807) is 0 Å². The van der Waals surface area contributed by atoms with E-state index in [9.17, 15) is 0 Å². The van der Waals surface area contributed by atoms with E-state index >= 15 is 0 Å². The molecule has 1 heterocycles. The third-order valence-corrected chi connectivity index (χ3v) is 3.11. The molecular weight excluding hydrogens is 212 g/mol. The van der Waals surface area contributed by atoms with Gasteiger partial charge in [-0.1, -0.05) is 6.92 Å². The normalized spacial score (nSPS) is 16.9. The zero-order valence-corrected chi connectivity index (χ0v) is 11.0. The molecule has 0 amide bonds. The highest BCUT2D eigenvalue weighted by Crippen LogP contribution is 2.22. The number of nitrogens with zero attached hydrogens (tertiary/aromatic N) is 1. The SMILES string of the molecule is CCC(C)Oc1ccc(C)nc1CNC1CC1. The quantitative estimate of drug-likeness (QED) is 0.822. The summed E-state index contributed by atoms with van der Waals surface area (Å²) < 4.78 is 5.90. The zero-order chi connectivity index (χ0) is 12.3.